The number of hydrogen-bond donors (Lipinski definition) is 1. The van der Waals surface area contributed by atoms with E-state index in [1.54, 1.807) is 23.1 Å². The number of rotatable bonds is 7. The molecule has 1 aliphatic rings. The number of halogens is 2. The van der Waals surface area contributed by atoms with Gasteiger partial charge in [0.1, 0.15) is 18.0 Å². The van der Waals surface area contributed by atoms with E-state index in [9.17, 15) is 9.00 Å². The van der Waals surface area contributed by atoms with Gasteiger partial charge in [-0.3, -0.25) is 0 Å². The van der Waals surface area contributed by atoms with E-state index in [0.717, 1.165) is 5.56 Å². The second-order valence-corrected chi connectivity index (χ2v) is 13.5. The molecular formula is C25H38Cl2N2O4S. The first kappa shape index (κ1) is 29.0. The van der Waals surface area contributed by atoms with Crippen molar-refractivity contribution in [2.24, 2.45) is 11.8 Å². The van der Waals surface area contributed by atoms with Gasteiger partial charge in [-0.1, -0.05) is 42.8 Å². The topological polar surface area (TPSA) is 67.9 Å². The van der Waals surface area contributed by atoms with Crippen LogP contribution in [0.4, 0.5) is 4.79 Å². The van der Waals surface area contributed by atoms with Crippen LogP contribution in [0.3, 0.4) is 0 Å². The van der Waals surface area contributed by atoms with E-state index in [1.807, 2.05) is 41.5 Å². The summed E-state index contributed by atoms with van der Waals surface area (Å²) < 4.78 is 27.6. The number of amides is 1. The lowest BCUT2D eigenvalue weighted by Gasteiger charge is -2.42. The molecular weight excluding hydrogens is 495 g/mol. The maximum atomic E-state index is 13.2. The molecule has 1 fully saturated rings. The van der Waals surface area contributed by atoms with Crippen LogP contribution >= 0.6 is 23.2 Å². The number of ether oxygens (including phenoxy) is 2. The Morgan fingerprint density at radius 1 is 1.26 bits per heavy atom. The highest BCUT2D eigenvalue weighted by atomic mass is 35.5. The van der Waals surface area contributed by atoms with Gasteiger partial charge in [0, 0.05) is 24.7 Å². The second kappa shape index (κ2) is 11.6. The lowest BCUT2D eigenvalue weighted by Crippen LogP contribution is -2.49. The van der Waals surface area contributed by atoms with Crippen molar-refractivity contribution in [1.29, 1.82) is 0 Å². The highest BCUT2D eigenvalue weighted by Crippen LogP contribution is 2.42. The van der Waals surface area contributed by atoms with Crippen LogP contribution in [0.25, 0.3) is 0 Å². The molecule has 9 heteroatoms. The summed E-state index contributed by atoms with van der Waals surface area (Å²) in [6.07, 6.45) is 2.04. The number of likely N-dealkylation sites (tertiary alicyclic amines) is 1. The average Bonchev–Trinajstić information content (AvgIpc) is 2.70. The van der Waals surface area contributed by atoms with E-state index in [4.69, 9.17) is 32.7 Å². The van der Waals surface area contributed by atoms with Gasteiger partial charge in [-0.05, 0) is 65.9 Å². The van der Waals surface area contributed by atoms with Crippen LogP contribution in [-0.4, -0.2) is 45.2 Å². The molecule has 1 aliphatic heterocycles. The Hall–Kier alpha value is -1.28. The highest BCUT2D eigenvalue weighted by molar-refractivity contribution is 7.84. The predicted octanol–water partition coefficient (Wildman–Crippen LogP) is 6.54. The second-order valence-electron chi connectivity index (χ2n) is 10.7. The lowest BCUT2D eigenvalue weighted by atomic mass is 9.79. The molecule has 1 aromatic carbocycles. The van der Waals surface area contributed by atoms with Gasteiger partial charge in [-0.25, -0.2) is 13.7 Å². The monoisotopic (exact) mass is 532 g/mol. The summed E-state index contributed by atoms with van der Waals surface area (Å²) >= 11 is 12.7. The van der Waals surface area contributed by atoms with Crippen molar-refractivity contribution >= 4 is 40.3 Å². The van der Waals surface area contributed by atoms with Gasteiger partial charge in [-0.2, -0.15) is 0 Å². The highest BCUT2D eigenvalue weighted by Gasteiger charge is 2.39. The van der Waals surface area contributed by atoms with Gasteiger partial charge in [0.15, 0.2) is 0 Å². The largest absolute Gasteiger partial charge is 0.489 e. The molecule has 0 bridgehead atoms. The number of hydrogen-bond acceptors (Lipinski definition) is 4. The van der Waals surface area contributed by atoms with Gasteiger partial charge in [0.2, 0.25) is 0 Å². The van der Waals surface area contributed by atoms with Crippen LogP contribution in [0.5, 0.6) is 5.75 Å². The van der Waals surface area contributed by atoms with Crippen molar-refractivity contribution in [2.45, 2.75) is 71.3 Å². The van der Waals surface area contributed by atoms with E-state index >= 15 is 0 Å². The molecule has 2 rings (SSSR count). The summed E-state index contributed by atoms with van der Waals surface area (Å²) in [5.41, 5.74) is 0.235. The van der Waals surface area contributed by atoms with Crippen molar-refractivity contribution in [3.8, 4) is 5.75 Å². The lowest BCUT2D eigenvalue weighted by molar-refractivity contribution is 0.00929. The Balaban J connectivity index is 2.41. The van der Waals surface area contributed by atoms with Crippen LogP contribution in [0.1, 0.15) is 66.5 Å². The van der Waals surface area contributed by atoms with Crippen molar-refractivity contribution in [3.63, 3.8) is 0 Å². The van der Waals surface area contributed by atoms with Gasteiger partial charge < -0.3 is 14.4 Å². The molecule has 1 amide bonds. The van der Waals surface area contributed by atoms with Crippen LogP contribution in [0.2, 0.25) is 10.0 Å². The quantitative estimate of drug-likeness (QED) is 0.404. The van der Waals surface area contributed by atoms with Crippen LogP contribution in [0, 0.1) is 11.8 Å². The molecule has 2 unspecified atom stereocenters. The standard InChI is InChI=1S/C25H38Cl2N2O4S/c1-9-12-32-21-14-20(27)19(26)13-18(21)22(28-34(31)25(6,7)8)17-10-11-29(15-16(17)2)23(30)33-24(3,4)5/h9,13-14,16-17,22,28H,1,10-12,15H2,2-8H3/t16?,17?,22-,34+/m1/s1. The van der Waals surface area contributed by atoms with Crippen molar-refractivity contribution in [2.75, 3.05) is 19.7 Å². The molecule has 4 atom stereocenters. The number of benzene rings is 1. The third kappa shape index (κ3) is 7.87. The SMILES string of the molecule is C=CCOc1cc(Cl)c(Cl)cc1[C@H](N[S@@](=O)C(C)(C)C)C1CCN(C(=O)OC(C)(C)C)CC1C. The Bertz CT molecular complexity index is 911. The molecule has 34 heavy (non-hydrogen) atoms. The summed E-state index contributed by atoms with van der Waals surface area (Å²) in [4.78, 5) is 14.4. The van der Waals surface area contributed by atoms with Crippen LogP contribution < -0.4 is 9.46 Å². The Kier molecular flexibility index (Phi) is 9.91. The molecule has 0 spiro atoms. The van der Waals surface area contributed by atoms with E-state index in [-0.39, 0.29) is 24.0 Å². The molecule has 192 valence electrons. The van der Waals surface area contributed by atoms with E-state index in [2.05, 4.69) is 18.2 Å². The van der Waals surface area contributed by atoms with Gasteiger partial charge >= 0.3 is 6.09 Å². The van der Waals surface area contributed by atoms with Crippen LogP contribution in [-0.2, 0) is 15.7 Å². The average molecular weight is 534 g/mol. The van der Waals surface area contributed by atoms with E-state index in [0.29, 0.717) is 41.9 Å². The van der Waals surface area contributed by atoms with Crippen LogP contribution in [0.15, 0.2) is 24.8 Å². The zero-order chi connectivity index (χ0) is 25.8. The molecule has 1 N–H and O–H groups in total. The van der Waals surface area contributed by atoms with Gasteiger partial charge in [-0.15, -0.1) is 0 Å². The van der Waals surface area contributed by atoms with E-state index < -0.39 is 21.3 Å². The van der Waals surface area contributed by atoms with E-state index in [1.165, 1.54) is 0 Å². The summed E-state index contributed by atoms with van der Waals surface area (Å²) in [7, 11) is -1.35. The molecule has 6 nitrogen and oxygen atoms in total. The summed E-state index contributed by atoms with van der Waals surface area (Å²) in [6.45, 7) is 18.5. The fraction of sp³-hybridized carbons (Fsp3) is 0.640. The third-order valence-corrected chi connectivity index (χ3v) is 7.89. The summed E-state index contributed by atoms with van der Waals surface area (Å²) in [5, 5.41) is 0.780. The number of carbonyl (C=O) groups excluding carboxylic acids is 1. The fourth-order valence-corrected chi connectivity index (χ4v) is 5.10. The molecule has 1 saturated heterocycles. The van der Waals surface area contributed by atoms with Crippen molar-refractivity contribution in [3.05, 3.63) is 40.4 Å². The Morgan fingerprint density at radius 2 is 1.88 bits per heavy atom. The Morgan fingerprint density at radius 3 is 2.41 bits per heavy atom. The molecule has 0 aliphatic carbocycles. The first-order valence-corrected chi connectivity index (χ1v) is 13.4. The molecule has 0 saturated carbocycles. The molecule has 1 aromatic rings. The smallest absolute Gasteiger partial charge is 0.410 e. The predicted molar refractivity (Wildman–Crippen MR) is 141 cm³/mol. The van der Waals surface area contributed by atoms with Crippen molar-refractivity contribution in [1.82, 2.24) is 9.62 Å². The minimum atomic E-state index is -1.35. The molecule has 0 radical (unpaired) electrons. The number of nitrogens with zero attached hydrogens (tertiary/aromatic N) is 1. The van der Waals surface area contributed by atoms with Crippen molar-refractivity contribution < 1.29 is 18.5 Å². The maximum Gasteiger partial charge on any atom is 0.410 e. The molecule has 0 aromatic heterocycles. The van der Waals surface area contributed by atoms with Gasteiger partial charge in [0.05, 0.1) is 31.8 Å². The normalized spacial score (nSPS) is 21.0. The zero-order valence-corrected chi connectivity index (χ0v) is 23.6. The van der Waals surface area contributed by atoms with Gasteiger partial charge in [0.25, 0.3) is 0 Å². The summed E-state index contributed by atoms with van der Waals surface area (Å²) in [6, 6.07) is 3.15. The zero-order valence-electron chi connectivity index (χ0n) is 21.2. The maximum absolute atomic E-state index is 13.2. The number of piperidine rings is 1. The minimum absolute atomic E-state index is 0.0633. The minimum Gasteiger partial charge on any atom is -0.489 e. The summed E-state index contributed by atoms with van der Waals surface area (Å²) in [5.74, 6) is 0.727. The fourth-order valence-electron chi connectivity index (χ4n) is 3.89. The number of carbonyl (C=O) groups is 1. The third-order valence-electron chi connectivity index (χ3n) is 5.59. The first-order chi connectivity index (χ1) is 15.6. The first-order valence-electron chi connectivity index (χ1n) is 11.5. The molecule has 1 heterocycles. The Labute approximate surface area is 216 Å². The number of nitrogens with one attached hydrogen (secondary N) is 1.